The number of nitrogens with one attached hydrogen (secondary N) is 1. The van der Waals surface area contributed by atoms with E-state index in [1.807, 2.05) is 24.3 Å². The molecule has 32 heavy (non-hydrogen) atoms. The Morgan fingerprint density at radius 3 is 2.50 bits per heavy atom. The SMILES string of the molecule is O=C(Cn1cnc2c(oc3ccccc32)c1=O)Nc1cccc(C(=O)c2ccccc2)c1. The molecule has 1 N–H and O–H groups in total. The molecule has 0 aliphatic heterocycles. The molecular formula is C25H17N3O4. The monoisotopic (exact) mass is 423 g/mol. The summed E-state index contributed by atoms with van der Waals surface area (Å²) < 4.78 is 6.84. The Morgan fingerprint density at radius 2 is 1.66 bits per heavy atom. The van der Waals surface area contributed by atoms with E-state index in [9.17, 15) is 14.4 Å². The van der Waals surface area contributed by atoms with Gasteiger partial charge >= 0.3 is 0 Å². The minimum atomic E-state index is -0.436. The quantitative estimate of drug-likeness (QED) is 0.431. The summed E-state index contributed by atoms with van der Waals surface area (Å²) in [5.74, 6) is -0.564. The third kappa shape index (κ3) is 3.56. The van der Waals surface area contributed by atoms with E-state index >= 15 is 0 Å². The molecular weight excluding hydrogens is 406 g/mol. The van der Waals surface area contributed by atoms with Gasteiger partial charge in [0.2, 0.25) is 11.5 Å². The molecule has 7 heteroatoms. The summed E-state index contributed by atoms with van der Waals surface area (Å²) in [6.45, 7) is -0.240. The average molecular weight is 423 g/mol. The molecule has 0 radical (unpaired) electrons. The first kappa shape index (κ1) is 19.4. The van der Waals surface area contributed by atoms with Gasteiger partial charge in [-0.3, -0.25) is 19.0 Å². The second-order valence-electron chi connectivity index (χ2n) is 7.28. The standard InChI is InChI=1S/C25H17N3O4/c29-21(27-18-10-6-9-17(13-18)23(30)16-7-2-1-3-8-16)14-28-15-26-22-19-11-4-5-12-20(19)32-24(22)25(28)31/h1-13,15H,14H2,(H,27,29). The van der Waals surface area contributed by atoms with Crippen LogP contribution in [0, 0.1) is 0 Å². The minimum absolute atomic E-state index is 0.108. The molecule has 1 amide bonds. The van der Waals surface area contributed by atoms with E-state index < -0.39 is 11.5 Å². The number of anilines is 1. The highest BCUT2D eigenvalue weighted by atomic mass is 16.3. The molecule has 5 rings (SSSR count). The molecule has 156 valence electrons. The van der Waals surface area contributed by atoms with Crippen LogP contribution in [0.5, 0.6) is 0 Å². The molecule has 0 aliphatic carbocycles. The van der Waals surface area contributed by atoms with Crippen molar-refractivity contribution in [2.45, 2.75) is 6.54 Å². The number of ketones is 1. The Hall–Kier alpha value is -4.52. The van der Waals surface area contributed by atoms with Gasteiger partial charge in [0.1, 0.15) is 17.6 Å². The lowest BCUT2D eigenvalue weighted by Crippen LogP contribution is -2.27. The zero-order valence-electron chi connectivity index (χ0n) is 16.8. The topological polar surface area (TPSA) is 94.2 Å². The fourth-order valence-corrected chi connectivity index (χ4v) is 3.58. The number of fused-ring (bicyclic) bond motifs is 3. The summed E-state index contributed by atoms with van der Waals surface area (Å²) in [4.78, 5) is 42.3. The summed E-state index contributed by atoms with van der Waals surface area (Å²) in [6, 6.07) is 22.8. The van der Waals surface area contributed by atoms with Crippen molar-refractivity contribution in [1.29, 1.82) is 0 Å². The maximum absolute atomic E-state index is 12.8. The van der Waals surface area contributed by atoms with Gasteiger partial charge in [0.25, 0.3) is 5.56 Å². The van der Waals surface area contributed by atoms with Crippen LogP contribution in [0.1, 0.15) is 15.9 Å². The Morgan fingerprint density at radius 1 is 0.906 bits per heavy atom. The third-order valence-electron chi connectivity index (χ3n) is 5.11. The number of rotatable bonds is 5. The fourth-order valence-electron chi connectivity index (χ4n) is 3.58. The maximum Gasteiger partial charge on any atom is 0.297 e. The molecule has 7 nitrogen and oxygen atoms in total. The van der Waals surface area contributed by atoms with E-state index in [4.69, 9.17) is 4.42 Å². The second-order valence-corrected chi connectivity index (χ2v) is 7.28. The normalized spacial score (nSPS) is 11.0. The highest BCUT2D eigenvalue weighted by Crippen LogP contribution is 2.24. The van der Waals surface area contributed by atoms with Crippen molar-refractivity contribution in [3.8, 4) is 0 Å². The predicted octanol–water partition coefficient (Wildman–Crippen LogP) is 4.01. The van der Waals surface area contributed by atoms with E-state index in [1.165, 1.54) is 10.9 Å². The second kappa shape index (κ2) is 7.96. The largest absolute Gasteiger partial charge is 0.448 e. The smallest absolute Gasteiger partial charge is 0.297 e. The number of hydrogen-bond donors (Lipinski definition) is 1. The van der Waals surface area contributed by atoms with Crippen LogP contribution < -0.4 is 10.9 Å². The highest BCUT2D eigenvalue weighted by Gasteiger charge is 2.15. The van der Waals surface area contributed by atoms with E-state index in [1.54, 1.807) is 54.6 Å². The van der Waals surface area contributed by atoms with Gasteiger partial charge < -0.3 is 9.73 Å². The van der Waals surface area contributed by atoms with Crippen LogP contribution in [-0.4, -0.2) is 21.2 Å². The number of carbonyl (C=O) groups excluding carboxylic acids is 2. The van der Waals surface area contributed by atoms with E-state index in [-0.39, 0.29) is 17.9 Å². The van der Waals surface area contributed by atoms with Crippen molar-refractivity contribution >= 4 is 39.4 Å². The van der Waals surface area contributed by atoms with Crippen LogP contribution in [0.3, 0.4) is 0 Å². The molecule has 0 atom stereocenters. The average Bonchev–Trinajstić information content (AvgIpc) is 3.21. The number of para-hydroxylation sites is 1. The summed E-state index contributed by atoms with van der Waals surface area (Å²) in [5, 5.41) is 3.48. The van der Waals surface area contributed by atoms with E-state index in [0.29, 0.717) is 27.9 Å². The number of aromatic nitrogens is 2. The first-order chi connectivity index (χ1) is 15.6. The number of hydrogen-bond acceptors (Lipinski definition) is 5. The maximum atomic E-state index is 12.8. The van der Waals surface area contributed by atoms with Crippen LogP contribution in [0.2, 0.25) is 0 Å². The molecule has 0 aliphatic rings. The lowest BCUT2D eigenvalue weighted by Gasteiger charge is -2.08. The third-order valence-corrected chi connectivity index (χ3v) is 5.11. The van der Waals surface area contributed by atoms with Crippen molar-refractivity contribution < 1.29 is 14.0 Å². The Balaban J connectivity index is 1.37. The fraction of sp³-hybridized carbons (Fsp3) is 0.0400. The zero-order valence-corrected chi connectivity index (χ0v) is 16.8. The summed E-state index contributed by atoms with van der Waals surface area (Å²) in [6.07, 6.45) is 1.33. The van der Waals surface area contributed by atoms with Gasteiger partial charge in [-0.15, -0.1) is 0 Å². The molecule has 0 fully saturated rings. The molecule has 0 unspecified atom stereocenters. The summed E-state index contributed by atoms with van der Waals surface area (Å²) in [7, 11) is 0. The first-order valence-corrected chi connectivity index (χ1v) is 9.96. The van der Waals surface area contributed by atoms with Crippen LogP contribution in [-0.2, 0) is 11.3 Å². The van der Waals surface area contributed by atoms with Gasteiger partial charge in [0.15, 0.2) is 5.78 Å². The Bertz CT molecular complexity index is 1530. The van der Waals surface area contributed by atoms with Crippen LogP contribution in [0.4, 0.5) is 5.69 Å². The number of amides is 1. The molecule has 0 saturated heterocycles. The molecule has 3 aromatic carbocycles. The van der Waals surface area contributed by atoms with Gasteiger partial charge in [-0.2, -0.15) is 0 Å². The van der Waals surface area contributed by atoms with Crippen molar-refractivity contribution in [2.75, 3.05) is 5.32 Å². The highest BCUT2D eigenvalue weighted by molar-refractivity contribution is 6.09. The van der Waals surface area contributed by atoms with Crippen molar-refractivity contribution in [1.82, 2.24) is 9.55 Å². The molecule has 5 aromatic rings. The number of carbonyl (C=O) groups is 2. The minimum Gasteiger partial charge on any atom is -0.448 e. The molecule has 2 aromatic heterocycles. The van der Waals surface area contributed by atoms with E-state index in [0.717, 1.165) is 5.39 Å². The Labute approximate surface area is 181 Å². The van der Waals surface area contributed by atoms with E-state index in [2.05, 4.69) is 10.3 Å². The van der Waals surface area contributed by atoms with Gasteiger partial charge in [0.05, 0.1) is 6.33 Å². The Kier molecular flexibility index (Phi) is 4.84. The first-order valence-electron chi connectivity index (χ1n) is 9.96. The van der Waals surface area contributed by atoms with Crippen molar-refractivity contribution in [3.63, 3.8) is 0 Å². The van der Waals surface area contributed by atoms with Gasteiger partial charge in [-0.1, -0.05) is 54.6 Å². The molecule has 0 spiro atoms. The lowest BCUT2D eigenvalue weighted by molar-refractivity contribution is -0.116. The van der Waals surface area contributed by atoms with Crippen LogP contribution in [0.25, 0.3) is 22.1 Å². The number of benzene rings is 3. The zero-order chi connectivity index (χ0) is 22.1. The van der Waals surface area contributed by atoms with Crippen LogP contribution >= 0.6 is 0 Å². The molecule has 0 saturated carbocycles. The van der Waals surface area contributed by atoms with Crippen LogP contribution in [0.15, 0.2) is 94.4 Å². The predicted molar refractivity (Wildman–Crippen MR) is 121 cm³/mol. The van der Waals surface area contributed by atoms with Gasteiger partial charge in [-0.05, 0) is 24.3 Å². The summed E-state index contributed by atoms with van der Waals surface area (Å²) >= 11 is 0. The molecule has 0 bridgehead atoms. The number of nitrogens with zero attached hydrogens (tertiary/aromatic N) is 2. The molecule has 2 heterocycles. The van der Waals surface area contributed by atoms with Gasteiger partial charge in [-0.25, -0.2) is 4.98 Å². The van der Waals surface area contributed by atoms with Crippen molar-refractivity contribution in [3.05, 3.63) is 107 Å². The summed E-state index contributed by atoms with van der Waals surface area (Å²) in [5.41, 5.74) is 2.18. The van der Waals surface area contributed by atoms with Gasteiger partial charge in [0, 0.05) is 22.2 Å². The number of furan rings is 1. The lowest BCUT2D eigenvalue weighted by atomic mass is 10.0. The van der Waals surface area contributed by atoms with Crippen molar-refractivity contribution in [2.24, 2.45) is 0 Å².